The van der Waals surface area contributed by atoms with Crippen LogP contribution in [-0.2, 0) is 0 Å². The van der Waals surface area contributed by atoms with E-state index in [4.69, 9.17) is 0 Å². The van der Waals surface area contributed by atoms with Crippen LogP contribution in [0.15, 0.2) is 0 Å². The zero-order chi connectivity index (χ0) is 7.84. The molecule has 0 aliphatic carbocycles. The predicted octanol–water partition coefficient (Wildman–Crippen LogP) is -0.940. The van der Waals surface area contributed by atoms with Gasteiger partial charge in [-0.3, -0.25) is 5.32 Å². The molecule has 3 N–H and O–H groups in total. The SMILES string of the molecule is CC1CNCC2N[C@@H](C)NN12. The second-order valence-corrected chi connectivity index (χ2v) is 3.45. The molecule has 0 spiro atoms. The van der Waals surface area contributed by atoms with Crippen molar-refractivity contribution in [1.82, 2.24) is 21.1 Å². The molecule has 0 bridgehead atoms. The summed E-state index contributed by atoms with van der Waals surface area (Å²) in [6.45, 7) is 6.50. The van der Waals surface area contributed by atoms with Crippen molar-refractivity contribution in [3.63, 3.8) is 0 Å². The molecule has 0 aromatic heterocycles. The fourth-order valence-corrected chi connectivity index (χ4v) is 1.84. The number of fused-ring (bicyclic) bond motifs is 1. The zero-order valence-corrected chi connectivity index (χ0v) is 7.09. The van der Waals surface area contributed by atoms with Gasteiger partial charge >= 0.3 is 0 Å². The molecule has 0 aromatic carbocycles. The van der Waals surface area contributed by atoms with Crippen LogP contribution >= 0.6 is 0 Å². The standard InChI is InChI=1S/C7H16N4/c1-5-3-8-4-7-9-6(2)10-11(5)7/h5-10H,3-4H2,1-2H3/t5?,6-,7?/m1/s1. The highest BCUT2D eigenvalue weighted by Crippen LogP contribution is 2.10. The monoisotopic (exact) mass is 156 g/mol. The summed E-state index contributed by atoms with van der Waals surface area (Å²) in [6.07, 6.45) is 0.899. The van der Waals surface area contributed by atoms with Crippen molar-refractivity contribution in [2.45, 2.75) is 32.2 Å². The Bertz CT molecular complexity index is 149. The Labute approximate surface area is 67.3 Å². The average molecular weight is 156 g/mol. The summed E-state index contributed by atoms with van der Waals surface area (Å²) >= 11 is 0. The first-order valence-electron chi connectivity index (χ1n) is 4.28. The average Bonchev–Trinajstić information content (AvgIpc) is 2.31. The number of nitrogens with one attached hydrogen (secondary N) is 3. The molecular weight excluding hydrogens is 140 g/mol. The Balaban J connectivity index is 2.03. The molecule has 0 saturated carbocycles. The van der Waals surface area contributed by atoms with Crippen molar-refractivity contribution in [1.29, 1.82) is 0 Å². The number of nitrogens with zero attached hydrogens (tertiary/aromatic N) is 1. The van der Waals surface area contributed by atoms with E-state index >= 15 is 0 Å². The van der Waals surface area contributed by atoms with Crippen LogP contribution in [0.1, 0.15) is 13.8 Å². The van der Waals surface area contributed by atoms with Gasteiger partial charge in [-0.2, -0.15) is 0 Å². The largest absolute Gasteiger partial charge is 0.312 e. The van der Waals surface area contributed by atoms with Gasteiger partial charge in [0.2, 0.25) is 0 Å². The number of hydrazine groups is 1. The Kier molecular flexibility index (Phi) is 1.85. The number of piperazine rings is 1. The maximum absolute atomic E-state index is 3.44. The van der Waals surface area contributed by atoms with Crippen molar-refractivity contribution in [3.8, 4) is 0 Å². The van der Waals surface area contributed by atoms with Crippen LogP contribution in [0.4, 0.5) is 0 Å². The minimum atomic E-state index is 0.419. The summed E-state index contributed by atoms with van der Waals surface area (Å²) in [5.41, 5.74) is 3.39. The lowest BCUT2D eigenvalue weighted by molar-refractivity contribution is 0.0897. The third-order valence-corrected chi connectivity index (χ3v) is 2.37. The van der Waals surface area contributed by atoms with E-state index in [1.807, 2.05) is 0 Å². The second kappa shape index (κ2) is 2.71. The van der Waals surface area contributed by atoms with Gasteiger partial charge in [-0.05, 0) is 13.8 Å². The minimum absolute atomic E-state index is 0.419. The Morgan fingerprint density at radius 1 is 1.27 bits per heavy atom. The lowest BCUT2D eigenvalue weighted by Crippen LogP contribution is -2.58. The Morgan fingerprint density at radius 2 is 2.09 bits per heavy atom. The predicted molar refractivity (Wildman–Crippen MR) is 43.7 cm³/mol. The van der Waals surface area contributed by atoms with Crippen LogP contribution in [0.25, 0.3) is 0 Å². The summed E-state index contributed by atoms with van der Waals surface area (Å²) in [4.78, 5) is 0. The minimum Gasteiger partial charge on any atom is -0.312 e. The highest BCUT2D eigenvalue weighted by atomic mass is 15.7. The maximum atomic E-state index is 3.44. The van der Waals surface area contributed by atoms with Gasteiger partial charge in [0.1, 0.15) is 0 Å². The molecule has 2 heterocycles. The lowest BCUT2D eigenvalue weighted by atomic mass is 10.2. The van der Waals surface area contributed by atoms with Crippen molar-refractivity contribution < 1.29 is 0 Å². The van der Waals surface area contributed by atoms with E-state index in [1.54, 1.807) is 0 Å². The summed E-state index contributed by atoms with van der Waals surface area (Å²) < 4.78 is 0. The summed E-state index contributed by atoms with van der Waals surface area (Å²) in [5.74, 6) is 0. The number of rotatable bonds is 0. The van der Waals surface area contributed by atoms with E-state index in [9.17, 15) is 0 Å². The number of hydrogen-bond donors (Lipinski definition) is 3. The molecule has 4 heteroatoms. The molecule has 0 radical (unpaired) electrons. The third kappa shape index (κ3) is 1.27. The molecular formula is C7H16N4. The van der Waals surface area contributed by atoms with Gasteiger partial charge in [-0.15, -0.1) is 0 Å². The molecule has 64 valence electrons. The van der Waals surface area contributed by atoms with Crippen LogP contribution in [-0.4, -0.2) is 36.5 Å². The second-order valence-electron chi connectivity index (χ2n) is 3.45. The van der Waals surface area contributed by atoms with Crippen molar-refractivity contribution >= 4 is 0 Å². The van der Waals surface area contributed by atoms with Crippen LogP contribution < -0.4 is 16.1 Å². The maximum Gasteiger partial charge on any atom is 0.0875 e. The molecule has 4 nitrogen and oxygen atoms in total. The van der Waals surface area contributed by atoms with Crippen molar-refractivity contribution in [2.75, 3.05) is 13.1 Å². The van der Waals surface area contributed by atoms with Gasteiger partial charge in [0.15, 0.2) is 0 Å². The molecule has 2 aliphatic rings. The first-order chi connectivity index (χ1) is 5.27. The van der Waals surface area contributed by atoms with Gasteiger partial charge in [0.05, 0.1) is 12.3 Å². The van der Waals surface area contributed by atoms with Crippen molar-refractivity contribution in [3.05, 3.63) is 0 Å². The van der Waals surface area contributed by atoms with Gasteiger partial charge in [0, 0.05) is 19.1 Å². The first kappa shape index (κ1) is 7.49. The van der Waals surface area contributed by atoms with Crippen LogP contribution in [0, 0.1) is 0 Å². The van der Waals surface area contributed by atoms with E-state index in [2.05, 4.69) is 34.9 Å². The Hall–Kier alpha value is -0.160. The van der Waals surface area contributed by atoms with E-state index in [-0.39, 0.29) is 0 Å². The highest BCUT2D eigenvalue weighted by molar-refractivity contribution is 4.87. The molecule has 0 aromatic rings. The van der Waals surface area contributed by atoms with Gasteiger partial charge in [-0.25, -0.2) is 10.4 Å². The molecule has 0 amide bonds. The quantitative estimate of drug-likeness (QED) is 0.423. The topological polar surface area (TPSA) is 39.3 Å². The van der Waals surface area contributed by atoms with E-state index in [1.165, 1.54) is 0 Å². The molecule has 11 heavy (non-hydrogen) atoms. The molecule has 2 aliphatic heterocycles. The fourth-order valence-electron chi connectivity index (χ4n) is 1.84. The summed E-state index contributed by atoms with van der Waals surface area (Å²) in [5, 5.41) is 9.13. The number of hydrogen-bond acceptors (Lipinski definition) is 4. The molecule has 3 atom stereocenters. The molecule has 2 rings (SSSR count). The molecule has 2 unspecified atom stereocenters. The van der Waals surface area contributed by atoms with Crippen LogP contribution in [0.5, 0.6) is 0 Å². The molecule has 2 saturated heterocycles. The van der Waals surface area contributed by atoms with E-state index in [0.717, 1.165) is 13.1 Å². The summed E-state index contributed by atoms with van der Waals surface area (Å²) in [6, 6.07) is 0.589. The fraction of sp³-hybridized carbons (Fsp3) is 1.00. The highest BCUT2D eigenvalue weighted by Gasteiger charge is 2.34. The first-order valence-corrected chi connectivity index (χ1v) is 4.28. The third-order valence-electron chi connectivity index (χ3n) is 2.37. The van der Waals surface area contributed by atoms with Gasteiger partial charge in [-0.1, -0.05) is 0 Å². The normalized spacial score (nSPS) is 45.8. The van der Waals surface area contributed by atoms with Crippen molar-refractivity contribution in [2.24, 2.45) is 0 Å². The lowest BCUT2D eigenvalue weighted by Gasteiger charge is -2.34. The van der Waals surface area contributed by atoms with Gasteiger partial charge in [0.25, 0.3) is 0 Å². The van der Waals surface area contributed by atoms with Crippen LogP contribution in [0.3, 0.4) is 0 Å². The molecule has 2 fully saturated rings. The van der Waals surface area contributed by atoms with E-state index in [0.29, 0.717) is 18.4 Å². The summed E-state index contributed by atoms with van der Waals surface area (Å²) in [7, 11) is 0. The van der Waals surface area contributed by atoms with Gasteiger partial charge < -0.3 is 5.32 Å². The Morgan fingerprint density at radius 3 is 2.82 bits per heavy atom. The zero-order valence-electron chi connectivity index (χ0n) is 7.09. The van der Waals surface area contributed by atoms with Crippen LogP contribution in [0.2, 0.25) is 0 Å². The van der Waals surface area contributed by atoms with E-state index < -0.39 is 0 Å². The smallest absolute Gasteiger partial charge is 0.0875 e.